The van der Waals surface area contributed by atoms with Crippen LogP contribution in [-0.2, 0) is 23.8 Å². The second-order valence-electron chi connectivity index (χ2n) is 11.8. The Balaban J connectivity index is 1.82. The van der Waals surface area contributed by atoms with E-state index < -0.39 is 76.7 Å². The van der Waals surface area contributed by atoms with E-state index in [-0.39, 0.29) is 29.9 Å². The van der Waals surface area contributed by atoms with Crippen LogP contribution in [0.4, 0.5) is 0 Å². The first-order chi connectivity index (χ1) is 18.1. The number of thiophene rings is 1. The number of Topliss-reactive ketones (excluding diaryl/α,β-unsaturated/α-hetero) is 1. The van der Waals surface area contributed by atoms with Crippen molar-refractivity contribution in [1.82, 2.24) is 0 Å². The van der Waals surface area contributed by atoms with E-state index in [0.717, 1.165) is 11.3 Å². The highest BCUT2D eigenvalue weighted by Gasteiger charge is 2.66. The molecular formula is C28H38O10S. The van der Waals surface area contributed by atoms with Crippen LogP contribution in [0.1, 0.15) is 64.1 Å². The third kappa shape index (κ3) is 4.66. The summed E-state index contributed by atoms with van der Waals surface area (Å²) in [5.41, 5.74) is -4.46. The van der Waals surface area contributed by atoms with Gasteiger partial charge >= 0.3 is 11.9 Å². The Bertz CT molecular complexity index is 1160. The fraction of sp³-hybridized carbons (Fsp3) is 0.679. The van der Waals surface area contributed by atoms with Gasteiger partial charge in [-0.1, -0.05) is 26.8 Å². The van der Waals surface area contributed by atoms with Crippen LogP contribution in [0.25, 0.3) is 0 Å². The average molecular weight is 567 g/mol. The van der Waals surface area contributed by atoms with E-state index in [1.165, 1.54) is 13.8 Å². The number of aliphatic hydroxyl groups is 4. The molecule has 1 saturated carbocycles. The lowest BCUT2D eigenvalue weighted by Crippen LogP contribution is -2.69. The maximum absolute atomic E-state index is 14.2. The Morgan fingerprint density at radius 3 is 2.44 bits per heavy atom. The fourth-order valence-electron chi connectivity index (χ4n) is 6.57. The minimum Gasteiger partial charge on any atom is -0.457 e. The highest BCUT2D eigenvalue weighted by Crippen LogP contribution is 2.57. The molecule has 39 heavy (non-hydrogen) atoms. The zero-order valence-corrected chi connectivity index (χ0v) is 23.9. The van der Waals surface area contributed by atoms with Crippen LogP contribution in [-0.4, -0.2) is 87.0 Å². The summed E-state index contributed by atoms with van der Waals surface area (Å²) in [5.74, 6) is -2.97. The predicted octanol–water partition coefficient (Wildman–Crippen LogP) is 1.78. The van der Waals surface area contributed by atoms with Gasteiger partial charge in [-0.15, -0.1) is 11.3 Å². The number of hydrogen-bond donors (Lipinski definition) is 4. The lowest BCUT2D eigenvalue weighted by Gasteiger charge is -2.59. The molecule has 1 aliphatic heterocycles. The first-order valence-corrected chi connectivity index (χ1v) is 14.0. The van der Waals surface area contributed by atoms with E-state index in [0.29, 0.717) is 5.57 Å². The quantitative estimate of drug-likeness (QED) is 0.295. The average Bonchev–Trinajstić information content (AvgIpc) is 3.40. The Hall–Kier alpha value is -2.15. The Morgan fingerprint density at radius 2 is 1.90 bits per heavy atom. The summed E-state index contributed by atoms with van der Waals surface area (Å²) < 4.78 is 16.7. The van der Waals surface area contributed by atoms with Crippen molar-refractivity contribution in [1.29, 1.82) is 0 Å². The van der Waals surface area contributed by atoms with E-state index in [9.17, 15) is 34.8 Å². The third-order valence-corrected chi connectivity index (χ3v) is 10.3. The van der Waals surface area contributed by atoms with Gasteiger partial charge in [0.2, 0.25) is 0 Å². The van der Waals surface area contributed by atoms with Gasteiger partial charge in [-0.2, -0.15) is 0 Å². The monoisotopic (exact) mass is 566 g/mol. The predicted molar refractivity (Wildman–Crippen MR) is 140 cm³/mol. The second kappa shape index (κ2) is 10.4. The van der Waals surface area contributed by atoms with Crippen molar-refractivity contribution in [3.63, 3.8) is 0 Å². The van der Waals surface area contributed by atoms with Crippen molar-refractivity contribution in [2.75, 3.05) is 6.61 Å². The van der Waals surface area contributed by atoms with Gasteiger partial charge in [0.15, 0.2) is 11.9 Å². The zero-order chi connectivity index (χ0) is 29.1. The Labute approximate surface area is 231 Å². The topological polar surface area (TPSA) is 160 Å². The summed E-state index contributed by atoms with van der Waals surface area (Å²) in [7, 11) is 0. The maximum Gasteiger partial charge on any atom is 0.348 e. The van der Waals surface area contributed by atoms with E-state index in [1.54, 1.807) is 45.2 Å². The molecule has 1 saturated heterocycles. The molecule has 4 N–H and O–H groups in total. The van der Waals surface area contributed by atoms with Gasteiger partial charge in [0, 0.05) is 31.1 Å². The Morgan fingerprint density at radius 1 is 1.23 bits per heavy atom. The molecule has 3 aliphatic rings. The van der Waals surface area contributed by atoms with Crippen LogP contribution in [0.5, 0.6) is 0 Å². The molecule has 1 aromatic heterocycles. The molecule has 2 fully saturated rings. The first kappa shape index (κ1) is 29.8. The van der Waals surface area contributed by atoms with Crippen molar-refractivity contribution < 1.29 is 49.0 Å². The molecule has 2 heterocycles. The van der Waals surface area contributed by atoms with Crippen LogP contribution in [0.2, 0.25) is 0 Å². The lowest BCUT2D eigenvalue weighted by molar-refractivity contribution is -0.222. The summed E-state index contributed by atoms with van der Waals surface area (Å²) in [6.07, 6.45) is -7.33. The fourth-order valence-corrected chi connectivity index (χ4v) is 7.18. The first-order valence-electron chi connectivity index (χ1n) is 13.1. The molecule has 2 bridgehead atoms. The number of carbonyl (C=O) groups is 3. The van der Waals surface area contributed by atoms with Crippen LogP contribution < -0.4 is 0 Å². The molecule has 0 radical (unpaired) electrons. The van der Waals surface area contributed by atoms with Gasteiger partial charge < -0.3 is 34.6 Å². The number of ketones is 1. The molecule has 0 spiro atoms. The highest BCUT2D eigenvalue weighted by atomic mass is 32.1. The van der Waals surface area contributed by atoms with Gasteiger partial charge in [0.25, 0.3) is 0 Å². The number of carbonyl (C=O) groups excluding carboxylic acids is 3. The van der Waals surface area contributed by atoms with Gasteiger partial charge in [0.1, 0.15) is 22.7 Å². The molecule has 0 unspecified atom stereocenters. The molecule has 2 aliphatic carbocycles. The standard InChI is InChI=1S/C28H38O10S/c1-13-16(30)11-28(35)24(38-25(34)19-8-7-9-39-19)14(2)27(6,23(33)22(32)21(13)26(28,4)5)20(31)10-17-18(12-36-17)37-15(3)29/h7-9,14,16-18,20,22,24,30-32,35H,10-12H2,1-6H3/t14-,16-,17+,18-,20-,22+,24-,27-,28+/m0/s1. The molecule has 10 nitrogen and oxygen atoms in total. The van der Waals surface area contributed by atoms with E-state index >= 15 is 0 Å². The normalized spacial score (nSPS) is 38.8. The van der Waals surface area contributed by atoms with Crippen molar-refractivity contribution in [2.24, 2.45) is 16.7 Å². The van der Waals surface area contributed by atoms with Crippen molar-refractivity contribution >= 4 is 29.1 Å². The zero-order valence-electron chi connectivity index (χ0n) is 23.0. The molecule has 1 aromatic rings. The number of hydrogen-bond acceptors (Lipinski definition) is 11. The van der Waals surface area contributed by atoms with Gasteiger partial charge in [-0.05, 0) is 36.4 Å². The highest BCUT2D eigenvalue weighted by molar-refractivity contribution is 7.11. The summed E-state index contributed by atoms with van der Waals surface area (Å²) in [6, 6.07) is 3.26. The van der Waals surface area contributed by atoms with Crippen LogP contribution in [0.3, 0.4) is 0 Å². The van der Waals surface area contributed by atoms with Gasteiger partial charge in [-0.25, -0.2) is 4.79 Å². The van der Waals surface area contributed by atoms with E-state index in [4.69, 9.17) is 14.2 Å². The molecule has 9 atom stereocenters. The van der Waals surface area contributed by atoms with Crippen LogP contribution in [0, 0.1) is 16.7 Å². The smallest absolute Gasteiger partial charge is 0.348 e. The molecular weight excluding hydrogens is 528 g/mol. The lowest BCUT2D eigenvalue weighted by atomic mass is 9.50. The SMILES string of the molecule is CC(=O)O[C@H]1CO[C@@H]1C[C@H](O)[C@@]1(C)C(=O)[C@H](O)C2=C(C)[C@@H](O)C[C@@](O)([C@@H](OC(=O)c3cccs3)[C@@H]1C)C2(C)C. The summed E-state index contributed by atoms with van der Waals surface area (Å²) in [6.45, 7) is 9.37. The minimum absolute atomic E-state index is 0.106. The van der Waals surface area contributed by atoms with Crippen LogP contribution in [0.15, 0.2) is 28.7 Å². The Kier molecular flexibility index (Phi) is 7.92. The largest absolute Gasteiger partial charge is 0.457 e. The van der Waals surface area contributed by atoms with Crippen molar-refractivity contribution in [3.8, 4) is 0 Å². The number of fused-ring (bicyclic) bond motifs is 2. The molecule has 0 amide bonds. The van der Waals surface area contributed by atoms with Gasteiger partial charge in [0.05, 0.1) is 30.3 Å². The molecule has 4 rings (SSSR count). The number of rotatable bonds is 6. The van der Waals surface area contributed by atoms with E-state index in [2.05, 4.69) is 0 Å². The molecule has 0 aromatic carbocycles. The summed E-state index contributed by atoms with van der Waals surface area (Å²) in [4.78, 5) is 39.1. The molecule has 11 heteroatoms. The number of esters is 2. The minimum atomic E-state index is -1.91. The van der Waals surface area contributed by atoms with Crippen molar-refractivity contribution in [3.05, 3.63) is 33.5 Å². The van der Waals surface area contributed by atoms with Gasteiger partial charge in [-0.3, -0.25) is 9.59 Å². The van der Waals surface area contributed by atoms with Crippen molar-refractivity contribution in [2.45, 2.75) is 96.6 Å². The number of ether oxygens (including phenoxy) is 3. The number of aliphatic hydroxyl groups excluding tert-OH is 3. The summed E-state index contributed by atoms with van der Waals surface area (Å²) in [5, 5.41) is 48.1. The van der Waals surface area contributed by atoms with Crippen LogP contribution >= 0.6 is 11.3 Å². The molecule has 216 valence electrons. The summed E-state index contributed by atoms with van der Waals surface area (Å²) >= 11 is 1.16. The maximum atomic E-state index is 14.2. The third-order valence-electron chi connectivity index (χ3n) is 9.42. The second-order valence-corrected chi connectivity index (χ2v) is 12.7. The van der Waals surface area contributed by atoms with E-state index in [1.807, 2.05) is 0 Å².